The van der Waals surface area contributed by atoms with Gasteiger partial charge in [-0.3, -0.25) is 14.5 Å². The van der Waals surface area contributed by atoms with Crippen molar-refractivity contribution in [3.63, 3.8) is 0 Å². The molecule has 1 aliphatic heterocycles. The van der Waals surface area contributed by atoms with E-state index in [1.165, 1.54) is 18.2 Å². The largest absolute Gasteiger partial charge is 0.326 e. The maximum absolute atomic E-state index is 13.2. The summed E-state index contributed by atoms with van der Waals surface area (Å²) in [7, 11) is 0. The highest BCUT2D eigenvalue weighted by molar-refractivity contribution is 6.07. The van der Waals surface area contributed by atoms with Crippen molar-refractivity contribution in [3.05, 3.63) is 29.6 Å². The number of imide groups is 1. The number of nitrogens with zero attached hydrogens (tertiary/aromatic N) is 1. The smallest absolute Gasteiger partial charge is 0.325 e. The van der Waals surface area contributed by atoms with E-state index < -0.39 is 36.2 Å². The Labute approximate surface area is 134 Å². The molecule has 2 N–H and O–H groups in total. The highest BCUT2D eigenvalue weighted by atomic mass is 19.1. The van der Waals surface area contributed by atoms with Gasteiger partial charge in [0.15, 0.2) is 0 Å². The molecule has 4 amide bonds. The lowest BCUT2D eigenvalue weighted by Gasteiger charge is -2.14. The van der Waals surface area contributed by atoms with Gasteiger partial charge in [-0.25, -0.2) is 9.18 Å². The number of halogens is 1. The van der Waals surface area contributed by atoms with Crippen LogP contribution in [0.5, 0.6) is 0 Å². The minimum absolute atomic E-state index is 0.243. The lowest BCUT2D eigenvalue weighted by Crippen LogP contribution is -2.38. The highest BCUT2D eigenvalue weighted by Crippen LogP contribution is 2.17. The molecule has 1 saturated heterocycles. The van der Waals surface area contributed by atoms with E-state index in [2.05, 4.69) is 10.6 Å². The fourth-order valence-corrected chi connectivity index (χ4v) is 2.42. The van der Waals surface area contributed by atoms with Gasteiger partial charge in [0.25, 0.3) is 5.91 Å². The molecule has 1 fully saturated rings. The molecule has 0 aliphatic carbocycles. The second-order valence-corrected chi connectivity index (χ2v) is 6.06. The predicted octanol–water partition coefficient (Wildman–Crippen LogP) is 2.04. The molecule has 6 nitrogen and oxygen atoms in total. The summed E-state index contributed by atoms with van der Waals surface area (Å²) < 4.78 is 13.2. The number of carbonyl (C=O) groups is 3. The Kier molecular flexibility index (Phi) is 4.98. The van der Waals surface area contributed by atoms with Crippen LogP contribution in [0.3, 0.4) is 0 Å². The lowest BCUT2D eigenvalue weighted by molar-refractivity contribution is -0.131. The van der Waals surface area contributed by atoms with E-state index >= 15 is 0 Å². The molecule has 1 atom stereocenters. The number of nitrogens with one attached hydrogen (secondary N) is 2. The molecular weight excluding hydrogens is 301 g/mol. The number of amides is 4. The summed E-state index contributed by atoms with van der Waals surface area (Å²) >= 11 is 0. The number of rotatable bonds is 5. The van der Waals surface area contributed by atoms with Crippen LogP contribution in [0.4, 0.5) is 14.9 Å². The summed E-state index contributed by atoms with van der Waals surface area (Å²) in [6.07, 6.45) is 0.520. The van der Waals surface area contributed by atoms with E-state index in [0.717, 1.165) is 4.90 Å². The molecule has 2 rings (SSSR count). The van der Waals surface area contributed by atoms with E-state index in [1.54, 1.807) is 6.92 Å². The average Bonchev–Trinajstić information content (AvgIpc) is 2.70. The summed E-state index contributed by atoms with van der Waals surface area (Å²) in [5, 5.41) is 5.09. The third kappa shape index (κ3) is 4.06. The molecule has 124 valence electrons. The molecule has 0 spiro atoms. The molecule has 1 heterocycles. The molecule has 1 aliphatic rings. The summed E-state index contributed by atoms with van der Waals surface area (Å²) in [4.78, 5) is 36.9. The monoisotopic (exact) mass is 321 g/mol. The summed E-state index contributed by atoms with van der Waals surface area (Å²) in [5.74, 6) is -1.19. The molecule has 0 radical (unpaired) electrons. The van der Waals surface area contributed by atoms with E-state index in [9.17, 15) is 18.8 Å². The second-order valence-electron chi connectivity index (χ2n) is 6.06. The van der Waals surface area contributed by atoms with E-state index in [0.29, 0.717) is 17.7 Å². The second kappa shape index (κ2) is 6.76. The van der Waals surface area contributed by atoms with E-state index in [-0.39, 0.29) is 5.92 Å². The first-order chi connectivity index (χ1) is 10.8. The van der Waals surface area contributed by atoms with Gasteiger partial charge in [0.05, 0.1) is 0 Å². The zero-order valence-electron chi connectivity index (χ0n) is 13.4. The van der Waals surface area contributed by atoms with Gasteiger partial charge in [-0.1, -0.05) is 19.9 Å². The Morgan fingerprint density at radius 3 is 2.74 bits per heavy atom. The topological polar surface area (TPSA) is 78.5 Å². The molecule has 23 heavy (non-hydrogen) atoms. The molecule has 0 saturated carbocycles. The van der Waals surface area contributed by atoms with Crippen molar-refractivity contribution in [1.29, 1.82) is 0 Å². The van der Waals surface area contributed by atoms with Crippen molar-refractivity contribution >= 4 is 23.5 Å². The zero-order valence-corrected chi connectivity index (χ0v) is 13.4. The van der Waals surface area contributed by atoms with Crippen LogP contribution in [0, 0.1) is 18.7 Å². The maximum Gasteiger partial charge on any atom is 0.325 e. The standard InChI is InChI=1S/C16H20FN3O3/c1-9(2)6-13-15(22)20(16(23)19-13)8-14(21)18-12-7-11(17)5-4-10(12)3/h4-5,7,9,13H,6,8H2,1-3H3,(H,18,21)(H,19,23)/t13-/m1/s1. The molecule has 7 heteroatoms. The molecule has 1 aromatic carbocycles. The number of aryl methyl sites for hydroxylation is 1. The van der Waals surface area contributed by atoms with Crippen LogP contribution in [-0.2, 0) is 9.59 Å². The van der Waals surface area contributed by atoms with Crippen molar-refractivity contribution < 1.29 is 18.8 Å². The first-order valence-electron chi connectivity index (χ1n) is 7.45. The minimum atomic E-state index is -0.591. The van der Waals surface area contributed by atoms with Crippen LogP contribution >= 0.6 is 0 Å². The van der Waals surface area contributed by atoms with Crippen LogP contribution in [0.2, 0.25) is 0 Å². The Hall–Kier alpha value is -2.44. The first kappa shape index (κ1) is 16.9. The predicted molar refractivity (Wildman–Crippen MR) is 83.3 cm³/mol. The normalized spacial score (nSPS) is 17.6. The van der Waals surface area contributed by atoms with Crippen LogP contribution in [-0.4, -0.2) is 35.3 Å². The quantitative estimate of drug-likeness (QED) is 0.815. The van der Waals surface area contributed by atoms with Crippen LogP contribution in [0.15, 0.2) is 18.2 Å². The molecular formula is C16H20FN3O3. The Morgan fingerprint density at radius 2 is 2.09 bits per heavy atom. The Morgan fingerprint density at radius 1 is 1.39 bits per heavy atom. The van der Waals surface area contributed by atoms with Gasteiger partial charge >= 0.3 is 6.03 Å². The van der Waals surface area contributed by atoms with Crippen molar-refractivity contribution in [1.82, 2.24) is 10.2 Å². The number of carbonyl (C=O) groups excluding carboxylic acids is 3. The summed E-state index contributed by atoms with van der Waals surface area (Å²) in [5.41, 5.74) is 1.01. The fraction of sp³-hybridized carbons (Fsp3) is 0.438. The summed E-state index contributed by atoms with van der Waals surface area (Å²) in [6.45, 7) is 5.22. The van der Waals surface area contributed by atoms with E-state index in [4.69, 9.17) is 0 Å². The third-order valence-electron chi connectivity index (χ3n) is 3.59. The zero-order chi connectivity index (χ0) is 17.1. The van der Waals surface area contributed by atoms with Gasteiger partial charge in [0.2, 0.25) is 5.91 Å². The van der Waals surface area contributed by atoms with Crippen molar-refractivity contribution in [3.8, 4) is 0 Å². The third-order valence-corrected chi connectivity index (χ3v) is 3.59. The molecule has 0 bridgehead atoms. The molecule has 0 unspecified atom stereocenters. The van der Waals surface area contributed by atoms with Gasteiger partial charge < -0.3 is 10.6 Å². The molecule has 1 aromatic rings. The van der Waals surface area contributed by atoms with Crippen molar-refractivity contribution in [2.45, 2.75) is 33.2 Å². The van der Waals surface area contributed by atoms with Gasteiger partial charge in [0.1, 0.15) is 18.4 Å². The lowest BCUT2D eigenvalue weighted by atomic mass is 10.0. The first-order valence-corrected chi connectivity index (χ1v) is 7.45. The fourth-order valence-electron chi connectivity index (χ4n) is 2.42. The van der Waals surface area contributed by atoms with Crippen LogP contribution in [0.25, 0.3) is 0 Å². The number of urea groups is 1. The number of hydrogen-bond donors (Lipinski definition) is 2. The SMILES string of the molecule is Cc1ccc(F)cc1NC(=O)CN1C(=O)N[C@H](CC(C)C)C1=O. The van der Waals surface area contributed by atoms with Crippen molar-refractivity contribution in [2.24, 2.45) is 5.92 Å². The number of hydrogen-bond acceptors (Lipinski definition) is 3. The summed E-state index contributed by atoms with van der Waals surface area (Å²) in [6, 6.07) is 2.86. The van der Waals surface area contributed by atoms with Crippen LogP contribution < -0.4 is 10.6 Å². The Balaban J connectivity index is 2.01. The van der Waals surface area contributed by atoms with Gasteiger partial charge in [0, 0.05) is 5.69 Å². The van der Waals surface area contributed by atoms with Gasteiger partial charge in [-0.05, 0) is 37.0 Å². The van der Waals surface area contributed by atoms with Gasteiger partial charge in [-0.15, -0.1) is 0 Å². The van der Waals surface area contributed by atoms with E-state index in [1.807, 2.05) is 13.8 Å². The van der Waals surface area contributed by atoms with Crippen molar-refractivity contribution in [2.75, 3.05) is 11.9 Å². The molecule has 0 aromatic heterocycles. The minimum Gasteiger partial charge on any atom is -0.326 e. The maximum atomic E-state index is 13.2. The Bertz CT molecular complexity index is 645. The average molecular weight is 321 g/mol. The number of benzene rings is 1. The number of anilines is 1. The van der Waals surface area contributed by atoms with Gasteiger partial charge in [-0.2, -0.15) is 0 Å². The van der Waals surface area contributed by atoms with Crippen LogP contribution in [0.1, 0.15) is 25.8 Å². The highest BCUT2D eigenvalue weighted by Gasteiger charge is 2.38.